The predicted molar refractivity (Wildman–Crippen MR) is 73.0 cm³/mol. The standard InChI is InChI=1S/C11H14BrFN2O2.ClH/c1-17-6-10(14)11(16)15-5-7-2-8(12)4-9(13)3-7;/h2-4,10H,5-6,14H2,1H3,(H,15,16);1H. The number of benzene rings is 1. The molecule has 7 heteroatoms. The molecule has 0 saturated carbocycles. The monoisotopic (exact) mass is 340 g/mol. The summed E-state index contributed by atoms with van der Waals surface area (Å²) in [6, 6.07) is 3.72. The number of carbonyl (C=O) groups excluding carboxylic acids is 1. The van der Waals surface area contributed by atoms with Crippen molar-refractivity contribution in [1.82, 2.24) is 5.32 Å². The van der Waals surface area contributed by atoms with Crippen LogP contribution >= 0.6 is 28.3 Å². The van der Waals surface area contributed by atoms with Crippen LogP contribution in [0.3, 0.4) is 0 Å². The maximum absolute atomic E-state index is 13.0. The molecule has 1 aromatic carbocycles. The van der Waals surface area contributed by atoms with Crippen LogP contribution in [0.2, 0.25) is 0 Å². The highest BCUT2D eigenvalue weighted by atomic mass is 79.9. The fraction of sp³-hybridized carbons (Fsp3) is 0.364. The second kappa shape index (κ2) is 8.42. The molecule has 0 aliphatic heterocycles. The van der Waals surface area contributed by atoms with Crippen LogP contribution in [0, 0.1) is 5.82 Å². The first kappa shape index (κ1) is 17.3. The number of methoxy groups -OCH3 is 1. The molecule has 0 bridgehead atoms. The van der Waals surface area contributed by atoms with E-state index in [2.05, 4.69) is 21.2 Å². The van der Waals surface area contributed by atoms with Crippen molar-refractivity contribution in [2.24, 2.45) is 5.73 Å². The van der Waals surface area contributed by atoms with Crippen LogP contribution in [0.25, 0.3) is 0 Å². The van der Waals surface area contributed by atoms with Gasteiger partial charge in [0.2, 0.25) is 5.91 Å². The lowest BCUT2D eigenvalue weighted by Crippen LogP contribution is -2.43. The summed E-state index contributed by atoms with van der Waals surface area (Å²) in [5.41, 5.74) is 6.19. The normalized spacial score (nSPS) is 11.6. The lowest BCUT2D eigenvalue weighted by atomic mass is 10.2. The van der Waals surface area contributed by atoms with Gasteiger partial charge in [-0.25, -0.2) is 4.39 Å². The molecule has 0 aliphatic carbocycles. The second-order valence-corrected chi connectivity index (χ2v) is 4.47. The van der Waals surface area contributed by atoms with E-state index in [1.54, 1.807) is 6.07 Å². The first-order valence-electron chi connectivity index (χ1n) is 5.00. The molecule has 1 unspecified atom stereocenters. The number of nitrogens with two attached hydrogens (primary N) is 1. The molecule has 0 aliphatic rings. The molecular formula is C11H15BrClFN2O2. The van der Waals surface area contributed by atoms with Gasteiger partial charge in [-0.3, -0.25) is 4.79 Å². The smallest absolute Gasteiger partial charge is 0.239 e. The van der Waals surface area contributed by atoms with E-state index in [1.165, 1.54) is 19.2 Å². The Labute approximate surface area is 120 Å². The molecule has 0 saturated heterocycles. The SMILES string of the molecule is COCC(N)C(=O)NCc1cc(F)cc(Br)c1.Cl. The predicted octanol–water partition coefficient (Wildman–Crippen LogP) is 1.60. The molecule has 0 aromatic heterocycles. The average Bonchev–Trinajstić information content (AvgIpc) is 2.25. The molecule has 0 radical (unpaired) electrons. The molecule has 1 aromatic rings. The Kier molecular flexibility index (Phi) is 8.10. The molecule has 1 amide bonds. The van der Waals surface area contributed by atoms with Crippen molar-refractivity contribution in [3.05, 3.63) is 34.1 Å². The van der Waals surface area contributed by atoms with E-state index in [-0.39, 0.29) is 37.3 Å². The van der Waals surface area contributed by atoms with Gasteiger partial charge < -0.3 is 15.8 Å². The fourth-order valence-corrected chi connectivity index (χ4v) is 1.80. The first-order valence-corrected chi connectivity index (χ1v) is 5.79. The van der Waals surface area contributed by atoms with Crippen molar-refractivity contribution in [1.29, 1.82) is 0 Å². The van der Waals surface area contributed by atoms with E-state index >= 15 is 0 Å². The van der Waals surface area contributed by atoms with Crippen LogP contribution in [-0.4, -0.2) is 25.7 Å². The minimum absolute atomic E-state index is 0. The van der Waals surface area contributed by atoms with Crippen LogP contribution in [0.4, 0.5) is 4.39 Å². The van der Waals surface area contributed by atoms with Crippen LogP contribution in [0.15, 0.2) is 22.7 Å². The minimum atomic E-state index is -0.711. The van der Waals surface area contributed by atoms with Crippen LogP contribution in [0.1, 0.15) is 5.56 Å². The summed E-state index contributed by atoms with van der Waals surface area (Å²) in [7, 11) is 1.47. The molecule has 0 fully saturated rings. The molecule has 1 atom stereocenters. The molecular weight excluding hydrogens is 326 g/mol. The van der Waals surface area contributed by atoms with Gasteiger partial charge in [-0.15, -0.1) is 12.4 Å². The van der Waals surface area contributed by atoms with Gasteiger partial charge in [-0.1, -0.05) is 15.9 Å². The Morgan fingerprint density at radius 1 is 1.56 bits per heavy atom. The largest absolute Gasteiger partial charge is 0.383 e. The summed E-state index contributed by atoms with van der Waals surface area (Å²) in [6.07, 6.45) is 0. The van der Waals surface area contributed by atoms with E-state index in [4.69, 9.17) is 10.5 Å². The average molecular weight is 342 g/mol. The van der Waals surface area contributed by atoms with Gasteiger partial charge in [0.25, 0.3) is 0 Å². The van der Waals surface area contributed by atoms with Crippen LogP contribution in [0.5, 0.6) is 0 Å². The summed E-state index contributed by atoms with van der Waals surface area (Å²) < 4.78 is 18.4. The molecule has 102 valence electrons. The number of amides is 1. The van der Waals surface area contributed by atoms with Crippen LogP contribution < -0.4 is 11.1 Å². The zero-order valence-corrected chi connectivity index (χ0v) is 12.2. The maximum Gasteiger partial charge on any atom is 0.239 e. The van der Waals surface area contributed by atoms with Crippen molar-refractivity contribution < 1.29 is 13.9 Å². The Morgan fingerprint density at radius 3 is 2.78 bits per heavy atom. The highest BCUT2D eigenvalue weighted by molar-refractivity contribution is 9.10. The third-order valence-electron chi connectivity index (χ3n) is 2.07. The Morgan fingerprint density at radius 2 is 2.22 bits per heavy atom. The number of carbonyl (C=O) groups is 1. The Hall–Kier alpha value is -0.690. The molecule has 18 heavy (non-hydrogen) atoms. The van der Waals surface area contributed by atoms with Gasteiger partial charge in [-0.2, -0.15) is 0 Å². The molecule has 0 heterocycles. The number of rotatable bonds is 5. The number of nitrogens with one attached hydrogen (secondary N) is 1. The Balaban J connectivity index is 0.00000289. The number of hydrogen-bond acceptors (Lipinski definition) is 3. The van der Waals surface area contributed by atoms with Gasteiger partial charge in [0.05, 0.1) is 6.61 Å². The lowest BCUT2D eigenvalue weighted by molar-refractivity contribution is -0.123. The van der Waals surface area contributed by atoms with Gasteiger partial charge in [0.1, 0.15) is 11.9 Å². The third kappa shape index (κ3) is 5.77. The maximum atomic E-state index is 13.0. The van der Waals surface area contributed by atoms with E-state index in [0.717, 1.165) is 0 Å². The van der Waals surface area contributed by atoms with E-state index in [1.807, 2.05) is 0 Å². The van der Waals surface area contributed by atoms with Crippen molar-refractivity contribution in [2.75, 3.05) is 13.7 Å². The Bertz CT molecular complexity index is 386. The first-order chi connectivity index (χ1) is 8.02. The van der Waals surface area contributed by atoms with Gasteiger partial charge in [0, 0.05) is 18.1 Å². The number of halogens is 3. The van der Waals surface area contributed by atoms with E-state index in [0.29, 0.717) is 10.0 Å². The topological polar surface area (TPSA) is 64.3 Å². The third-order valence-corrected chi connectivity index (χ3v) is 2.53. The highest BCUT2D eigenvalue weighted by Crippen LogP contribution is 2.14. The fourth-order valence-electron chi connectivity index (χ4n) is 1.29. The summed E-state index contributed by atoms with van der Waals surface area (Å²) in [6.45, 7) is 0.380. The van der Waals surface area contributed by atoms with Gasteiger partial charge >= 0.3 is 0 Å². The van der Waals surface area contributed by atoms with Crippen LogP contribution in [-0.2, 0) is 16.1 Å². The van der Waals surface area contributed by atoms with E-state index in [9.17, 15) is 9.18 Å². The molecule has 0 spiro atoms. The number of hydrogen-bond donors (Lipinski definition) is 2. The van der Waals surface area contributed by atoms with Crippen molar-refractivity contribution >= 4 is 34.2 Å². The zero-order valence-electron chi connectivity index (χ0n) is 9.78. The quantitative estimate of drug-likeness (QED) is 0.855. The van der Waals surface area contributed by atoms with E-state index < -0.39 is 6.04 Å². The molecule has 4 nitrogen and oxygen atoms in total. The minimum Gasteiger partial charge on any atom is -0.383 e. The molecule has 3 N–H and O–H groups in total. The molecule has 1 rings (SSSR count). The summed E-state index contributed by atoms with van der Waals surface area (Å²) >= 11 is 3.18. The highest BCUT2D eigenvalue weighted by Gasteiger charge is 2.12. The second-order valence-electron chi connectivity index (χ2n) is 3.56. The summed E-state index contributed by atoms with van der Waals surface area (Å²) in [4.78, 5) is 11.5. The van der Waals surface area contributed by atoms with Crippen molar-refractivity contribution in [2.45, 2.75) is 12.6 Å². The van der Waals surface area contributed by atoms with Crippen molar-refractivity contribution in [3.8, 4) is 0 Å². The summed E-state index contributed by atoms with van der Waals surface area (Å²) in [5, 5.41) is 2.61. The zero-order chi connectivity index (χ0) is 12.8. The lowest BCUT2D eigenvalue weighted by Gasteiger charge is -2.11. The van der Waals surface area contributed by atoms with Gasteiger partial charge in [-0.05, 0) is 23.8 Å². The van der Waals surface area contributed by atoms with Crippen molar-refractivity contribution in [3.63, 3.8) is 0 Å². The summed E-state index contributed by atoms with van der Waals surface area (Å²) in [5.74, 6) is -0.683. The van der Waals surface area contributed by atoms with Gasteiger partial charge in [0.15, 0.2) is 0 Å². The number of ether oxygens (including phenoxy) is 1.